The second-order valence-electron chi connectivity index (χ2n) is 6.27. The van der Waals surface area contributed by atoms with Crippen molar-refractivity contribution in [1.29, 1.82) is 0 Å². The third kappa shape index (κ3) is 3.11. The van der Waals surface area contributed by atoms with Crippen LogP contribution in [0.3, 0.4) is 0 Å². The number of hydrogen-bond donors (Lipinski definition) is 1. The lowest BCUT2D eigenvalue weighted by atomic mass is 9.91. The molecular weight excluding hydrogens is 318 g/mol. The third-order valence-corrected chi connectivity index (χ3v) is 4.37. The first-order chi connectivity index (χ1) is 11.9. The summed E-state index contributed by atoms with van der Waals surface area (Å²) in [4.78, 5) is 15.4. The van der Waals surface area contributed by atoms with Crippen LogP contribution in [-0.2, 0) is 6.54 Å². The van der Waals surface area contributed by atoms with E-state index < -0.39 is 4.92 Å². The Balaban J connectivity index is 2.18. The molecule has 0 aromatic heterocycles. The molecule has 0 spiro atoms. The van der Waals surface area contributed by atoms with E-state index in [0.29, 0.717) is 12.1 Å². The highest BCUT2D eigenvalue weighted by Crippen LogP contribution is 2.35. The van der Waals surface area contributed by atoms with Gasteiger partial charge in [0, 0.05) is 43.9 Å². The minimum Gasteiger partial charge on any atom is -0.326 e. The van der Waals surface area contributed by atoms with Crippen molar-refractivity contribution in [2.75, 3.05) is 14.1 Å². The maximum absolute atomic E-state index is 11.2. The SMILES string of the molecule is CC1=CC2C(=C(c3cc([N+](=O)[O-])ccc3CN)N=CN2N(C)C)C=C1. The van der Waals surface area contributed by atoms with E-state index in [2.05, 4.69) is 11.1 Å². The number of nitro groups is 1. The second-order valence-corrected chi connectivity index (χ2v) is 6.27. The minimum atomic E-state index is -0.397. The molecule has 7 nitrogen and oxygen atoms in total. The summed E-state index contributed by atoms with van der Waals surface area (Å²) in [6, 6.07) is 4.74. The summed E-state index contributed by atoms with van der Waals surface area (Å²) in [6.45, 7) is 2.34. The van der Waals surface area contributed by atoms with Gasteiger partial charge >= 0.3 is 0 Å². The third-order valence-electron chi connectivity index (χ3n) is 4.37. The Kier molecular flexibility index (Phi) is 4.52. The van der Waals surface area contributed by atoms with E-state index in [4.69, 9.17) is 5.73 Å². The molecule has 7 heteroatoms. The molecule has 3 rings (SSSR count). The van der Waals surface area contributed by atoms with Crippen molar-refractivity contribution < 1.29 is 4.92 Å². The summed E-state index contributed by atoms with van der Waals surface area (Å²) in [5.74, 6) is 0. The van der Waals surface area contributed by atoms with Crippen LogP contribution in [0.4, 0.5) is 5.69 Å². The Labute approximate surface area is 146 Å². The number of hydrogen-bond acceptors (Lipinski definition) is 6. The zero-order valence-electron chi connectivity index (χ0n) is 14.5. The molecule has 130 valence electrons. The molecule has 2 N–H and O–H groups in total. The van der Waals surface area contributed by atoms with Gasteiger partial charge in [-0.15, -0.1) is 0 Å². The van der Waals surface area contributed by atoms with Gasteiger partial charge in [0.05, 0.1) is 16.7 Å². The number of benzene rings is 1. The van der Waals surface area contributed by atoms with Crippen molar-refractivity contribution in [3.05, 3.63) is 68.8 Å². The summed E-state index contributed by atoms with van der Waals surface area (Å²) in [5, 5.41) is 15.2. The molecule has 0 radical (unpaired) electrons. The van der Waals surface area contributed by atoms with Gasteiger partial charge in [0.2, 0.25) is 0 Å². The Bertz CT molecular complexity index is 836. The van der Waals surface area contributed by atoms with Crippen molar-refractivity contribution in [2.24, 2.45) is 10.7 Å². The van der Waals surface area contributed by atoms with Crippen LogP contribution < -0.4 is 5.73 Å². The molecule has 0 amide bonds. The van der Waals surface area contributed by atoms with Crippen LogP contribution in [0.2, 0.25) is 0 Å². The van der Waals surface area contributed by atoms with E-state index in [1.807, 2.05) is 43.2 Å². The number of fused-ring (bicyclic) bond motifs is 1. The number of nitrogens with zero attached hydrogens (tertiary/aromatic N) is 4. The molecule has 0 bridgehead atoms. The monoisotopic (exact) mass is 339 g/mol. The molecule has 0 saturated heterocycles. The van der Waals surface area contributed by atoms with E-state index in [0.717, 1.165) is 22.4 Å². The summed E-state index contributed by atoms with van der Waals surface area (Å²) >= 11 is 0. The number of nitrogens with two attached hydrogens (primary N) is 1. The number of aliphatic imine (C=N–C) groups is 1. The van der Waals surface area contributed by atoms with Crippen molar-refractivity contribution in [2.45, 2.75) is 19.5 Å². The molecule has 1 aromatic carbocycles. The van der Waals surface area contributed by atoms with Crippen molar-refractivity contribution in [3.8, 4) is 0 Å². The first kappa shape index (κ1) is 17.1. The zero-order chi connectivity index (χ0) is 18.1. The van der Waals surface area contributed by atoms with Gasteiger partial charge in [0.1, 0.15) is 6.34 Å². The van der Waals surface area contributed by atoms with Gasteiger partial charge in [0.25, 0.3) is 5.69 Å². The van der Waals surface area contributed by atoms with E-state index in [1.54, 1.807) is 18.5 Å². The molecule has 0 fully saturated rings. The molecule has 0 saturated carbocycles. The Morgan fingerprint density at radius 1 is 1.36 bits per heavy atom. The topological polar surface area (TPSA) is 88.0 Å². The lowest BCUT2D eigenvalue weighted by Gasteiger charge is -2.38. The Morgan fingerprint density at radius 2 is 2.12 bits per heavy atom. The van der Waals surface area contributed by atoms with Crippen LogP contribution >= 0.6 is 0 Å². The highest BCUT2D eigenvalue weighted by atomic mass is 16.6. The molecule has 1 aliphatic heterocycles. The van der Waals surface area contributed by atoms with E-state index >= 15 is 0 Å². The number of rotatable bonds is 4. The lowest BCUT2D eigenvalue weighted by molar-refractivity contribution is -0.384. The number of nitro benzene ring substituents is 1. The van der Waals surface area contributed by atoms with Crippen LogP contribution in [0.1, 0.15) is 18.1 Å². The number of hydrazine groups is 1. The average Bonchev–Trinajstić information content (AvgIpc) is 2.59. The standard InChI is InChI=1S/C18H21N5O2/c1-12-4-7-15-17(8-12)22(21(2)3)11-20-18(15)16-9-14(23(24)25)6-5-13(16)10-19/h4-9,11,17H,10,19H2,1-3H3. The fourth-order valence-electron chi connectivity index (χ4n) is 3.07. The first-order valence-corrected chi connectivity index (χ1v) is 8.00. The second kappa shape index (κ2) is 6.62. The van der Waals surface area contributed by atoms with Gasteiger partial charge in [0.15, 0.2) is 0 Å². The zero-order valence-corrected chi connectivity index (χ0v) is 14.5. The fraction of sp³-hybridized carbons (Fsp3) is 0.278. The maximum atomic E-state index is 11.2. The molecule has 1 aliphatic carbocycles. The van der Waals surface area contributed by atoms with Crippen molar-refractivity contribution >= 4 is 17.7 Å². The highest BCUT2D eigenvalue weighted by Gasteiger charge is 2.29. The van der Waals surface area contributed by atoms with Gasteiger partial charge in [-0.25, -0.2) is 10.0 Å². The van der Waals surface area contributed by atoms with Crippen LogP contribution in [0.5, 0.6) is 0 Å². The lowest BCUT2D eigenvalue weighted by Crippen LogP contribution is -2.46. The van der Waals surface area contributed by atoms with Gasteiger partial charge < -0.3 is 5.73 Å². The predicted molar refractivity (Wildman–Crippen MR) is 98.6 cm³/mol. The normalized spacial score (nSPS) is 19.3. The summed E-state index contributed by atoms with van der Waals surface area (Å²) in [7, 11) is 3.91. The maximum Gasteiger partial charge on any atom is 0.270 e. The van der Waals surface area contributed by atoms with Gasteiger partial charge in [-0.2, -0.15) is 0 Å². The molecule has 1 aromatic rings. The van der Waals surface area contributed by atoms with Gasteiger partial charge in [-0.05, 0) is 12.5 Å². The number of allylic oxidation sites excluding steroid dienone is 2. The summed E-state index contributed by atoms with van der Waals surface area (Å²) in [5.41, 5.74) is 10.3. The molecule has 25 heavy (non-hydrogen) atoms. The largest absolute Gasteiger partial charge is 0.326 e. The highest BCUT2D eigenvalue weighted by molar-refractivity contribution is 5.83. The molecule has 1 unspecified atom stereocenters. The average molecular weight is 339 g/mol. The van der Waals surface area contributed by atoms with Crippen molar-refractivity contribution in [3.63, 3.8) is 0 Å². The molecule has 2 aliphatic rings. The summed E-state index contributed by atoms with van der Waals surface area (Å²) < 4.78 is 0. The van der Waals surface area contributed by atoms with E-state index in [1.165, 1.54) is 6.07 Å². The number of non-ortho nitro benzene ring substituents is 1. The quantitative estimate of drug-likeness (QED) is 0.672. The molecule has 1 heterocycles. The Morgan fingerprint density at radius 3 is 2.76 bits per heavy atom. The van der Waals surface area contributed by atoms with Crippen molar-refractivity contribution in [1.82, 2.24) is 10.0 Å². The first-order valence-electron chi connectivity index (χ1n) is 8.00. The van der Waals surface area contributed by atoms with Crippen LogP contribution in [0.15, 0.2) is 52.6 Å². The molecule has 1 atom stereocenters. The van der Waals surface area contributed by atoms with Crippen LogP contribution in [-0.4, -0.2) is 41.4 Å². The van der Waals surface area contributed by atoms with Gasteiger partial charge in [-0.3, -0.25) is 15.1 Å². The van der Waals surface area contributed by atoms with E-state index in [-0.39, 0.29) is 11.7 Å². The summed E-state index contributed by atoms with van der Waals surface area (Å²) in [6.07, 6.45) is 7.97. The van der Waals surface area contributed by atoms with Crippen LogP contribution in [0, 0.1) is 10.1 Å². The Hall–Kier alpha value is -2.77. The minimum absolute atomic E-state index is 0.00242. The smallest absolute Gasteiger partial charge is 0.270 e. The van der Waals surface area contributed by atoms with E-state index in [9.17, 15) is 10.1 Å². The van der Waals surface area contributed by atoms with Gasteiger partial charge in [-0.1, -0.05) is 29.9 Å². The predicted octanol–water partition coefficient (Wildman–Crippen LogP) is 2.47. The molecular formula is C18H21N5O2. The fourth-order valence-corrected chi connectivity index (χ4v) is 3.07. The van der Waals surface area contributed by atoms with Crippen LogP contribution in [0.25, 0.3) is 5.70 Å².